The second-order valence-corrected chi connectivity index (χ2v) is 3.10. The molecule has 6 heteroatoms. The van der Waals surface area contributed by atoms with E-state index in [-0.39, 0.29) is 4.47 Å². The van der Waals surface area contributed by atoms with E-state index in [0.717, 1.165) is 17.6 Å². The van der Waals surface area contributed by atoms with E-state index >= 15 is 0 Å². The first-order chi connectivity index (χ1) is 6.06. The van der Waals surface area contributed by atoms with Crippen molar-refractivity contribution in [3.63, 3.8) is 0 Å². The Kier molecular flexibility index (Phi) is 2.94. The van der Waals surface area contributed by atoms with E-state index < -0.39 is 23.1 Å². The molecule has 0 spiro atoms. The Morgan fingerprint density at radius 2 is 1.85 bits per heavy atom. The zero-order chi connectivity index (χ0) is 10.0. The minimum absolute atomic E-state index is 0.178. The highest BCUT2D eigenvalue weighted by Crippen LogP contribution is 2.18. The Morgan fingerprint density at radius 3 is 2.23 bits per heavy atom. The Bertz CT molecular complexity index is 333. The van der Waals surface area contributed by atoms with E-state index in [2.05, 4.69) is 15.9 Å². The smallest absolute Gasteiger partial charge is 0.280 e. The van der Waals surface area contributed by atoms with Crippen LogP contribution in [0.4, 0.5) is 8.78 Å². The van der Waals surface area contributed by atoms with Crippen molar-refractivity contribution in [1.29, 1.82) is 0 Å². The first-order valence-corrected chi connectivity index (χ1v) is 3.94. The van der Waals surface area contributed by atoms with Crippen molar-refractivity contribution in [3.8, 4) is 0 Å². The van der Waals surface area contributed by atoms with Crippen LogP contribution in [0.15, 0.2) is 16.6 Å². The molecule has 0 saturated heterocycles. The molecule has 2 N–H and O–H groups in total. The van der Waals surface area contributed by atoms with Gasteiger partial charge in [-0.05, 0) is 12.1 Å². The molecule has 3 nitrogen and oxygen atoms in total. The number of nitrogens with one attached hydrogen (secondary N) is 1. The van der Waals surface area contributed by atoms with Gasteiger partial charge in [0.05, 0.1) is 0 Å². The van der Waals surface area contributed by atoms with Gasteiger partial charge in [-0.3, -0.25) is 10.0 Å². The third-order valence-corrected chi connectivity index (χ3v) is 1.79. The number of carbonyl (C=O) groups is 1. The first-order valence-electron chi connectivity index (χ1n) is 3.15. The topological polar surface area (TPSA) is 49.3 Å². The van der Waals surface area contributed by atoms with Crippen LogP contribution in [0.1, 0.15) is 10.4 Å². The predicted octanol–water partition coefficient (Wildman–Crippen LogP) is 1.85. The van der Waals surface area contributed by atoms with E-state index in [0.29, 0.717) is 0 Å². The fraction of sp³-hybridized carbons (Fsp3) is 0. The summed E-state index contributed by atoms with van der Waals surface area (Å²) < 4.78 is 26.0. The molecular formula is C7H4BrF2NO2. The molecule has 0 unspecified atom stereocenters. The molecule has 0 atom stereocenters. The normalized spacial score (nSPS) is 9.85. The molecule has 0 aliphatic rings. The van der Waals surface area contributed by atoms with Crippen LogP contribution in [0.3, 0.4) is 0 Å². The van der Waals surface area contributed by atoms with Crippen molar-refractivity contribution in [3.05, 3.63) is 33.8 Å². The lowest BCUT2D eigenvalue weighted by Gasteiger charge is -2.02. The van der Waals surface area contributed by atoms with Gasteiger partial charge < -0.3 is 0 Å². The van der Waals surface area contributed by atoms with Crippen molar-refractivity contribution in [2.24, 2.45) is 0 Å². The Balaban J connectivity index is 3.28. The van der Waals surface area contributed by atoms with Gasteiger partial charge in [-0.25, -0.2) is 14.3 Å². The Labute approximate surface area is 80.5 Å². The molecule has 0 saturated carbocycles. The summed E-state index contributed by atoms with van der Waals surface area (Å²) in [7, 11) is 0. The van der Waals surface area contributed by atoms with E-state index in [4.69, 9.17) is 5.21 Å². The van der Waals surface area contributed by atoms with Crippen LogP contribution in [0.2, 0.25) is 0 Å². The lowest BCUT2D eigenvalue weighted by molar-refractivity contribution is 0.0697. The van der Waals surface area contributed by atoms with E-state index in [1.807, 2.05) is 0 Å². The van der Waals surface area contributed by atoms with E-state index in [9.17, 15) is 13.6 Å². The lowest BCUT2D eigenvalue weighted by Crippen LogP contribution is -2.21. The molecule has 0 aromatic heterocycles. The molecule has 1 aromatic rings. The monoisotopic (exact) mass is 251 g/mol. The van der Waals surface area contributed by atoms with Gasteiger partial charge in [0, 0.05) is 4.47 Å². The number of carbonyl (C=O) groups excluding carboxylic acids is 1. The van der Waals surface area contributed by atoms with Gasteiger partial charge >= 0.3 is 0 Å². The lowest BCUT2D eigenvalue weighted by atomic mass is 10.2. The van der Waals surface area contributed by atoms with Crippen molar-refractivity contribution in [2.45, 2.75) is 0 Å². The molecule has 0 heterocycles. The largest absolute Gasteiger partial charge is 0.288 e. The zero-order valence-electron chi connectivity index (χ0n) is 6.14. The highest BCUT2D eigenvalue weighted by Gasteiger charge is 2.17. The van der Waals surface area contributed by atoms with Gasteiger partial charge in [-0.2, -0.15) is 0 Å². The van der Waals surface area contributed by atoms with Gasteiger partial charge in [0.25, 0.3) is 5.91 Å². The van der Waals surface area contributed by atoms with Gasteiger partial charge in [-0.1, -0.05) is 15.9 Å². The van der Waals surface area contributed by atoms with Crippen LogP contribution in [0.5, 0.6) is 0 Å². The molecule has 1 aromatic carbocycles. The minimum Gasteiger partial charge on any atom is -0.288 e. The average Bonchev–Trinajstić information content (AvgIpc) is 2.02. The van der Waals surface area contributed by atoms with Crippen LogP contribution < -0.4 is 5.48 Å². The second-order valence-electron chi connectivity index (χ2n) is 2.19. The quantitative estimate of drug-likeness (QED) is 0.591. The van der Waals surface area contributed by atoms with Gasteiger partial charge in [0.2, 0.25) is 0 Å². The standard InChI is InChI=1S/C7H4BrF2NO2/c8-3-1-4(9)6(5(10)2-3)7(12)11-13/h1-2,13H,(H,11,12). The number of amides is 1. The summed E-state index contributed by atoms with van der Waals surface area (Å²) >= 11 is 2.84. The highest BCUT2D eigenvalue weighted by molar-refractivity contribution is 9.10. The third-order valence-electron chi connectivity index (χ3n) is 1.34. The summed E-state index contributed by atoms with van der Waals surface area (Å²) in [6, 6.07) is 1.85. The fourth-order valence-corrected chi connectivity index (χ4v) is 1.22. The molecular weight excluding hydrogens is 248 g/mol. The molecule has 1 amide bonds. The summed E-state index contributed by atoms with van der Waals surface area (Å²) in [4.78, 5) is 10.7. The first kappa shape index (κ1) is 10.1. The van der Waals surface area contributed by atoms with Crippen LogP contribution in [-0.4, -0.2) is 11.1 Å². The SMILES string of the molecule is O=C(NO)c1c(F)cc(Br)cc1F. The van der Waals surface area contributed by atoms with Crippen molar-refractivity contribution in [1.82, 2.24) is 5.48 Å². The summed E-state index contributed by atoms with van der Waals surface area (Å²) in [5.74, 6) is -3.31. The molecule has 0 bridgehead atoms. The third kappa shape index (κ3) is 2.02. The van der Waals surface area contributed by atoms with E-state index in [1.165, 1.54) is 0 Å². The Morgan fingerprint density at radius 1 is 1.38 bits per heavy atom. The van der Waals surface area contributed by atoms with Gasteiger partial charge in [0.1, 0.15) is 17.2 Å². The molecule has 0 aliphatic heterocycles. The zero-order valence-corrected chi connectivity index (χ0v) is 7.73. The number of hydrogen-bond donors (Lipinski definition) is 2. The van der Waals surface area contributed by atoms with Crippen molar-refractivity contribution in [2.75, 3.05) is 0 Å². The molecule has 1 rings (SSSR count). The minimum atomic E-state index is -1.22. The Hall–Kier alpha value is -1.01. The predicted molar refractivity (Wildman–Crippen MR) is 43.3 cm³/mol. The molecule has 0 fully saturated rings. The summed E-state index contributed by atoms with van der Waals surface area (Å²) in [6.45, 7) is 0. The molecule has 0 aliphatic carbocycles. The number of benzene rings is 1. The highest BCUT2D eigenvalue weighted by atomic mass is 79.9. The molecule has 13 heavy (non-hydrogen) atoms. The molecule has 0 radical (unpaired) electrons. The number of rotatable bonds is 1. The van der Waals surface area contributed by atoms with Crippen LogP contribution in [0.25, 0.3) is 0 Å². The fourth-order valence-electron chi connectivity index (χ4n) is 0.815. The van der Waals surface area contributed by atoms with Crippen LogP contribution >= 0.6 is 15.9 Å². The molecule has 70 valence electrons. The number of hydrogen-bond acceptors (Lipinski definition) is 2. The van der Waals surface area contributed by atoms with Gasteiger partial charge in [0.15, 0.2) is 0 Å². The van der Waals surface area contributed by atoms with Gasteiger partial charge in [-0.15, -0.1) is 0 Å². The van der Waals surface area contributed by atoms with Crippen LogP contribution in [0, 0.1) is 11.6 Å². The van der Waals surface area contributed by atoms with Crippen molar-refractivity contribution < 1.29 is 18.8 Å². The number of hydroxylamine groups is 1. The summed E-state index contributed by atoms with van der Waals surface area (Å²) in [5, 5.41) is 8.16. The maximum absolute atomic E-state index is 12.9. The maximum atomic E-state index is 12.9. The second kappa shape index (κ2) is 3.80. The number of halogens is 3. The average molecular weight is 252 g/mol. The van der Waals surface area contributed by atoms with Crippen molar-refractivity contribution >= 4 is 21.8 Å². The van der Waals surface area contributed by atoms with E-state index in [1.54, 1.807) is 0 Å². The van der Waals surface area contributed by atoms with Crippen LogP contribution in [-0.2, 0) is 0 Å². The maximum Gasteiger partial charge on any atom is 0.280 e. The summed E-state index contributed by atoms with van der Waals surface area (Å²) in [6.07, 6.45) is 0. The summed E-state index contributed by atoms with van der Waals surface area (Å²) in [5.41, 5.74) is 0.334.